The minimum atomic E-state index is -0.180. The SMILES string of the molecule is COCCNC(=O)c1ccc(NC(=O)c2cccc(I)c2)cc1. The maximum absolute atomic E-state index is 12.2. The number of hydrogen-bond acceptors (Lipinski definition) is 3. The summed E-state index contributed by atoms with van der Waals surface area (Å²) in [6.45, 7) is 0.927. The van der Waals surface area contributed by atoms with Crippen LogP contribution in [0.15, 0.2) is 48.5 Å². The van der Waals surface area contributed by atoms with Gasteiger partial charge in [-0.2, -0.15) is 0 Å². The molecule has 2 aromatic rings. The van der Waals surface area contributed by atoms with E-state index in [9.17, 15) is 9.59 Å². The van der Waals surface area contributed by atoms with Crippen LogP contribution in [-0.2, 0) is 4.74 Å². The molecule has 23 heavy (non-hydrogen) atoms. The molecule has 120 valence electrons. The van der Waals surface area contributed by atoms with Crippen molar-refractivity contribution in [1.82, 2.24) is 5.32 Å². The number of halogens is 1. The Bertz CT molecular complexity index is 686. The molecule has 6 heteroatoms. The van der Waals surface area contributed by atoms with E-state index in [1.165, 1.54) is 0 Å². The maximum atomic E-state index is 12.2. The van der Waals surface area contributed by atoms with Gasteiger partial charge in [0, 0.05) is 34.0 Å². The van der Waals surface area contributed by atoms with E-state index in [1.807, 2.05) is 18.2 Å². The maximum Gasteiger partial charge on any atom is 0.255 e. The number of carbonyl (C=O) groups excluding carboxylic acids is 2. The van der Waals surface area contributed by atoms with Crippen molar-refractivity contribution < 1.29 is 14.3 Å². The van der Waals surface area contributed by atoms with E-state index in [1.54, 1.807) is 37.4 Å². The van der Waals surface area contributed by atoms with Gasteiger partial charge in [-0.25, -0.2) is 0 Å². The number of rotatable bonds is 6. The summed E-state index contributed by atoms with van der Waals surface area (Å²) in [7, 11) is 1.58. The Hall–Kier alpha value is -1.93. The van der Waals surface area contributed by atoms with Gasteiger partial charge in [-0.3, -0.25) is 9.59 Å². The average molecular weight is 424 g/mol. The van der Waals surface area contributed by atoms with Gasteiger partial charge in [0.2, 0.25) is 0 Å². The molecule has 0 saturated heterocycles. The monoisotopic (exact) mass is 424 g/mol. The van der Waals surface area contributed by atoms with E-state index in [-0.39, 0.29) is 11.8 Å². The lowest BCUT2D eigenvalue weighted by Crippen LogP contribution is -2.26. The molecule has 2 amide bonds. The second-order valence-electron chi connectivity index (χ2n) is 4.79. The number of anilines is 1. The standard InChI is InChI=1S/C17H17IN2O3/c1-23-10-9-19-16(21)12-5-7-15(8-6-12)20-17(22)13-3-2-4-14(18)11-13/h2-8,11H,9-10H2,1H3,(H,19,21)(H,20,22). The molecule has 0 aliphatic heterocycles. The Kier molecular flexibility index (Phi) is 6.54. The number of methoxy groups -OCH3 is 1. The zero-order valence-electron chi connectivity index (χ0n) is 12.6. The normalized spacial score (nSPS) is 10.2. The lowest BCUT2D eigenvalue weighted by atomic mass is 10.1. The number of hydrogen-bond donors (Lipinski definition) is 2. The van der Waals surface area contributed by atoms with Crippen molar-refractivity contribution >= 4 is 40.1 Å². The molecular weight excluding hydrogens is 407 g/mol. The summed E-state index contributed by atoms with van der Waals surface area (Å²) in [5.41, 5.74) is 1.77. The molecule has 0 aliphatic rings. The lowest BCUT2D eigenvalue weighted by molar-refractivity contribution is 0.0936. The molecule has 2 N–H and O–H groups in total. The van der Waals surface area contributed by atoms with Crippen molar-refractivity contribution in [3.8, 4) is 0 Å². The Morgan fingerprint density at radius 3 is 2.43 bits per heavy atom. The smallest absolute Gasteiger partial charge is 0.255 e. The van der Waals surface area contributed by atoms with Gasteiger partial charge in [0.1, 0.15) is 0 Å². The van der Waals surface area contributed by atoms with Crippen LogP contribution >= 0.6 is 22.6 Å². The third-order valence-electron chi connectivity index (χ3n) is 3.08. The third kappa shape index (κ3) is 5.33. The molecule has 0 saturated carbocycles. The van der Waals surface area contributed by atoms with Crippen LogP contribution in [-0.4, -0.2) is 32.1 Å². The predicted molar refractivity (Wildman–Crippen MR) is 97.8 cm³/mol. The molecule has 2 aromatic carbocycles. The van der Waals surface area contributed by atoms with Crippen molar-refractivity contribution in [1.29, 1.82) is 0 Å². The molecule has 5 nitrogen and oxygen atoms in total. The number of amides is 2. The second kappa shape index (κ2) is 8.64. The van der Waals surface area contributed by atoms with Crippen LogP contribution in [0.25, 0.3) is 0 Å². The molecule has 0 unspecified atom stereocenters. The van der Waals surface area contributed by atoms with E-state index in [4.69, 9.17) is 4.74 Å². The summed E-state index contributed by atoms with van der Waals surface area (Å²) in [6.07, 6.45) is 0. The minimum absolute atomic E-state index is 0.169. The van der Waals surface area contributed by atoms with Gasteiger partial charge in [-0.15, -0.1) is 0 Å². The highest BCUT2D eigenvalue weighted by molar-refractivity contribution is 14.1. The van der Waals surface area contributed by atoms with Crippen LogP contribution < -0.4 is 10.6 Å². The number of ether oxygens (including phenoxy) is 1. The van der Waals surface area contributed by atoms with Gasteiger partial charge in [0.25, 0.3) is 11.8 Å². The highest BCUT2D eigenvalue weighted by Gasteiger charge is 2.08. The van der Waals surface area contributed by atoms with Crippen LogP contribution in [0.3, 0.4) is 0 Å². The lowest BCUT2D eigenvalue weighted by Gasteiger charge is -2.08. The van der Waals surface area contributed by atoms with Crippen molar-refractivity contribution in [3.63, 3.8) is 0 Å². The molecule has 0 atom stereocenters. The molecule has 0 aliphatic carbocycles. The second-order valence-corrected chi connectivity index (χ2v) is 6.04. The van der Waals surface area contributed by atoms with Gasteiger partial charge >= 0.3 is 0 Å². The number of carbonyl (C=O) groups is 2. The number of benzene rings is 2. The Morgan fingerprint density at radius 2 is 1.78 bits per heavy atom. The Morgan fingerprint density at radius 1 is 1.04 bits per heavy atom. The molecule has 0 bridgehead atoms. The van der Waals surface area contributed by atoms with E-state index in [0.29, 0.717) is 30.0 Å². The van der Waals surface area contributed by atoms with Crippen molar-refractivity contribution in [2.45, 2.75) is 0 Å². The van der Waals surface area contributed by atoms with Crippen LogP contribution in [0.4, 0.5) is 5.69 Å². The highest BCUT2D eigenvalue weighted by atomic mass is 127. The largest absolute Gasteiger partial charge is 0.383 e. The van der Waals surface area contributed by atoms with Crippen LogP contribution in [0, 0.1) is 3.57 Å². The van der Waals surface area contributed by atoms with Crippen LogP contribution in [0.2, 0.25) is 0 Å². The van der Waals surface area contributed by atoms with E-state index < -0.39 is 0 Å². The first-order valence-corrected chi connectivity index (χ1v) is 8.12. The first-order chi connectivity index (χ1) is 11.1. The van der Waals surface area contributed by atoms with Crippen molar-refractivity contribution in [3.05, 3.63) is 63.2 Å². The summed E-state index contributed by atoms with van der Waals surface area (Å²) in [4.78, 5) is 24.0. The van der Waals surface area contributed by atoms with Gasteiger partial charge in [0.05, 0.1) is 6.61 Å². The molecule has 0 heterocycles. The van der Waals surface area contributed by atoms with Gasteiger partial charge in [0.15, 0.2) is 0 Å². The highest BCUT2D eigenvalue weighted by Crippen LogP contribution is 2.13. The Labute approximate surface area is 148 Å². The quantitative estimate of drug-likeness (QED) is 0.554. The average Bonchev–Trinajstić information content (AvgIpc) is 2.55. The fourth-order valence-electron chi connectivity index (χ4n) is 1.91. The summed E-state index contributed by atoms with van der Waals surface area (Å²) in [5, 5.41) is 5.55. The fraction of sp³-hybridized carbons (Fsp3) is 0.176. The molecule has 0 fully saturated rings. The van der Waals surface area contributed by atoms with Crippen molar-refractivity contribution in [2.75, 3.05) is 25.6 Å². The summed E-state index contributed by atoms with van der Waals surface area (Å²) < 4.78 is 5.88. The van der Waals surface area contributed by atoms with Crippen LogP contribution in [0.5, 0.6) is 0 Å². The first kappa shape index (κ1) is 17.4. The molecule has 0 aromatic heterocycles. The summed E-state index contributed by atoms with van der Waals surface area (Å²) in [6, 6.07) is 14.1. The molecule has 2 rings (SSSR count). The topological polar surface area (TPSA) is 67.4 Å². The molecule has 0 spiro atoms. The van der Waals surface area contributed by atoms with E-state index in [0.717, 1.165) is 3.57 Å². The van der Waals surface area contributed by atoms with Crippen LogP contribution in [0.1, 0.15) is 20.7 Å². The van der Waals surface area contributed by atoms with E-state index >= 15 is 0 Å². The van der Waals surface area contributed by atoms with Crippen molar-refractivity contribution in [2.24, 2.45) is 0 Å². The summed E-state index contributed by atoms with van der Waals surface area (Å²) >= 11 is 2.16. The van der Waals surface area contributed by atoms with E-state index in [2.05, 4.69) is 33.2 Å². The predicted octanol–water partition coefficient (Wildman–Crippen LogP) is 2.92. The zero-order valence-corrected chi connectivity index (χ0v) is 14.8. The first-order valence-electron chi connectivity index (χ1n) is 7.04. The summed E-state index contributed by atoms with van der Waals surface area (Å²) in [5.74, 6) is -0.349. The number of nitrogens with one attached hydrogen (secondary N) is 2. The zero-order chi connectivity index (χ0) is 16.7. The van der Waals surface area contributed by atoms with Gasteiger partial charge in [-0.05, 0) is 65.1 Å². The fourth-order valence-corrected chi connectivity index (χ4v) is 2.45. The third-order valence-corrected chi connectivity index (χ3v) is 3.75. The molecular formula is C17H17IN2O3. The Balaban J connectivity index is 1.97. The molecule has 0 radical (unpaired) electrons. The van der Waals surface area contributed by atoms with Gasteiger partial charge < -0.3 is 15.4 Å². The van der Waals surface area contributed by atoms with Gasteiger partial charge in [-0.1, -0.05) is 6.07 Å². The minimum Gasteiger partial charge on any atom is -0.383 e.